The van der Waals surface area contributed by atoms with Crippen LogP contribution >= 0.6 is 0 Å². The first-order chi connectivity index (χ1) is 10.7. The van der Waals surface area contributed by atoms with E-state index in [9.17, 15) is 0 Å². The molecule has 22 heavy (non-hydrogen) atoms. The lowest BCUT2D eigenvalue weighted by Gasteiger charge is -2.11. The van der Waals surface area contributed by atoms with Crippen molar-refractivity contribution >= 4 is 0 Å². The molecule has 0 aliphatic heterocycles. The number of benzene rings is 2. The third kappa shape index (κ3) is 5.41. The zero-order valence-electron chi connectivity index (χ0n) is 13.6. The molecule has 0 atom stereocenters. The van der Waals surface area contributed by atoms with Gasteiger partial charge in [-0.2, -0.15) is 0 Å². The minimum Gasteiger partial charge on any atom is -0.497 e. The Morgan fingerprint density at radius 3 is 2.41 bits per heavy atom. The molecule has 0 aliphatic carbocycles. The van der Waals surface area contributed by atoms with Crippen LogP contribution in [-0.2, 0) is 13.0 Å². The Labute approximate surface area is 133 Å². The molecule has 2 rings (SSSR count). The Balaban J connectivity index is 1.76. The highest BCUT2D eigenvalue weighted by Gasteiger charge is 2.00. The zero-order valence-corrected chi connectivity index (χ0v) is 13.6. The van der Waals surface area contributed by atoms with Crippen LogP contribution in [0.1, 0.15) is 25.0 Å². The summed E-state index contributed by atoms with van der Waals surface area (Å²) in [6.07, 6.45) is 1.21. The Kier molecular flexibility index (Phi) is 6.28. The first-order valence-corrected chi connectivity index (χ1v) is 7.76. The van der Waals surface area contributed by atoms with E-state index >= 15 is 0 Å². The van der Waals surface area contributed by atoms with Crippen LogP contribution in [0, 0.1) is 0 Å². The minimum atomic E-state index is 0.207. The molecule has 0 radical (unpaired) electrons. The molecule has 0 amide bonds. The molecule has 2 aromatic rings. The SMILES string of the molecule is COc1ccc(CCNCc2cccc(OC(C)C)c2)cc1. The van der Waals surface area contributed by atoms with E-state index in [4.69, 9.17) is 9.47 Å². The summed E-state index contributed by atoms with van der Waals surface area (Å²) in [5, 5.41) is 3.47. The number of hydrogen-bond donors (Lipinski definition) is 1. The molecule has 0 bridgehead atoms. The Hall–Kier alpha value is -2.00. The van der Waals surface area contributed by atoms with E-state index in [0.717, 1.165) is 31.0 Å². The Morgan fingerprint density at radius 2 is 1.73 bits per heavy atom. The van der Waals surface area contributed by atoms with Gasteiger partial charge in [0.15, 0.2) is 0 Å². The van der Waals surface area contributed by atoms with Crippen molar-refractivity contribution in [3.63, 3.8) is 0 Å². The lowest BCUT2D eigenvalue weighted by molar-refractivity contribution is 0.242. The van der Waals surface area contributed by atoms with Crippen molar-refractivity contribution in [1.82, 2.24) is 5.32 Å². The maximum absolute atomic E-state index is 5.71. The first kappa shape index (κ1) is 16.4. The molecule has 1 N–H and O–H groups in total. The predicted octanol–water partition coefficient (Wildman–Crippen LogP) is 3.81. The average Bonchev–Trinajstić information content (AvgIpc) is 2.52. The molecule has 0 unspecified atom stereocenters. The van der Waals surface area contributed by atoms with E-state index in [0.29, 0.717) is 0 Å². The standard InChI is InChI=1S/C19H25NO2/c1-15(2)22-19-6-4-5-17(13-19)14-20-12-11-16-7-9-18(21-3)10-8-16/h4-10,13,15,20H,11-12,14H2,1-3H3. The largest absolute Gasteiger partial charge is 0.497 e. The lowest BCUT2D eigenvalue weighted by atomic mass is 10.1. The molecule has 3 heteroatoms. The summed E-state index contributed by atoms with van der Waals surface area (Å²) in [5.74, 6) is 1.84. The van der Waals surface area contributed by atoms with E-state index in [1.165, 1.54) is 11.1 Å². The van der Waals surface area contributed by atoms with E-state index in [1.807, 2.05) is 38.1 Å². The van der Waals surface area contributed by atoms with Crippen molar-refractivity contribution in [1.29, 1.82) is 0 Å². The fourth-order valence-corrected chi connectivity index (χ4v) is 2.26. The highest BCUT2D eigenvalue weighted by molar-refractivity contribution is 5.29. The van der Waals surface area contributed by atoms with E-state index in [1.54, 1.807) is 7.11 Å². The average molecular weight is 299 g/mol. The van der Waals surface area contributed by atoms with Crippen LogP contribution in [-0.4, -0.2) is 19.8 Å². The van der Waals surface area contributed by atoms with Crippen molar-refractivity contribution < 1.29 is 9.47 Å². The second-order valence-electron chi connectivity index (χ2n) is 5.59. The first-order valence-electron chi connectivity index (χ1n) is 7.76. The molecule has 0 saturated heterocycles. The van der Waals surface area contributed by atoms with Crippen molar-refractivity contribution in [3.8, 4) is 11.5 Å². The second kappa shape index (κ2) is 8.44. The second-order valence-corrected chi connectivity index (χ2v) is 5.59. The molecular formula is C19H25NO2. The van der Waals surface area contributed by atoms with Gasteiger partial charge in [-0.25, -0.2) is 0 Å². The van der Waals surface area contributed by atoms with Crippen LogP contribution in [0.5, 0.6) is 11.5 Å². The lowest BCUT2D eigenvalue weighted by Crippen LogP contribution is -2.16. The summed E-state index contributed by atoms with van der Waals surface area (Å²) in [6, 6.07) is 16.5. The van der Waals surface area contributed by atoms with Crippen LogP contribution in [0.4, 0.5) is 0 Å². The summed E-state index contributed by atoms with van der Waals surface area (Å²) in [7, 11) is 1.69. The van der Waals surface area contributed by atoms with Gasteiger partial charge in [0, 0.05) is 6.54 Å². The highest BCUT2D eigenvalue weighted by Crippen LogP contribution is 2.15. The van der Waals surface area contributed by atoms with Crippen LogP contribution in [0.25, 0.3) is 0 Å². The van der Waals surface area contributed by atoms with Gasteiger partial charge >= 0.3 is 0 Å². The number of hydrogen-bond acceptors (Lipinski definition) is 3. The molecule has 3 nitrogen and oxygen atoms in total. The molecule has 0 spiro atoms. The molecule has 0 heterocycles. The third-order valence-corrected chi connectivity index (χ3v) is 3.35. The van der Waals surface area contributed by atoms with Gasteiger partial charge in [-0.3, -0.25) is 0 Å². The van der Waals surface area contributed by atoms with Gasteiger partial charge in [0.2, 0.25) is 0 Å². The van der Waals surface area contributed by atoms with Gasteiger partial charge in [0.1, 0.15) is 11.5 Å². The summed E-state index contributed by atoms with van der Waals surface area (Å²) < 4.78 is 10.9. The highest BCUT2D eigenvalue weighted by atomic mass is 16.5. The van der Waals surface area contributed by atoms with Gasteiger partial charge in [-0.15, -0.1) is 0 Å². The fraction of sp³-hybridized carbons (Fsp3) is 0.368. The molecule has 0 fully saturated rings. The summed E-state index contributed by atoms with van der Waals surface area (Å²) in [4.78, 5) is 0. The monoisotopic (exact) mass is 299 g/mol. The molecule has 0 aromatic heterocycles. The number of nitrogens with one attached hydrogen (secondary N) is 1. The normalized spacial score (nSPS) is 10.7. The minimum absolute atomic E-state index is 0.207. The van der Waals surface area contributed by atoms with Crippen LogP contribution in [0.15, 0.2) is 48.5 Å². The zero-order chi connectivity index (χ0) is 15.8. The van der Waals surface area contributed by atoms with Gasteiger partial charge in [-0.05, 0) is 62.2 Å². The van der Waals surface area contributed by atoms with Gasteiger partial charge in [0.05, 0.1) is 13.2 Å². The van der Waals surface area contributed by atoms with Crippen LogP contribution in [0.3, 0.4) is 0 Å². The van der Waals surface area contributed by atoms with Crippen molar-refractivity contribution in [2.75, 3.05) is 13.7 Å². The molecule has 2 aromatic carbocycles. The van der Waals surface area contributed by atoms with Crippen molar-refractivity contribution in [2.45, 2.75) is 32.9 Å². The van der Waals surface area contributed by atoms with E-state index in [-0.39, 0.29) is 6.10 Å². The summed E-state index contributed by atoms with van der Waals surface area (Å²) >= 11 is 0. The van der Waals surface area contributed by atoms with Crippen LogP contribution < -0.4 is 14.8 Å². The number of rotatable bonds is 8. The topological polar surface area (TPSA) is 30.5 Å². The third-order valence-electron chi connectivity index (χ3n) is 3.35. The van der Waals surface area contributed by atoms with E-state index in [2.05, 4.69) is 29.6 Å². The number of methoxy groups -OCH3 is 1. The molecular weight excluding hydrogens is 274 g/mol. The Bertz CT molecular complexity index is 564. The summed E-state index contributed by atoms with van der Waals surface area (Å²) in [6.45, 7) is 5.88. The maximum atomic E-state index is 5.71. The van der Waals surface area contributed by atoms with Gasteiger partial charge in [0.25, 0.3) is 0 Å². The van der Waals surface area contributed by atoms with E-state index < -0.39 is 0 Å². The number of ether oxygens (including phenoxy) is 2. The quantitative estimate of drug-likeness (QED) is 0.752. The smallest absolute Gasteiger partial charge is 0.120 e. The van der Waals surface area contributed by atoms with Crippen molar-refractivity contribution in [2.24, 2.45) is 0 Å². The Morgan fingerprint density at radius 1 is 0.955 bits per heavy atom. The fourth-order valence-electron chi connectivity index (χ4n) is 2.26. The molecule has 118 valence electrons. The van der Waals surface area contributed by atoms with Crippen molar-refractivity contribution in [3.05, 3.63) is 59.7 Å². The van der Waals surface area contributed by atoms with Gasteiger partial charge in [-0.1, -0.05) is 24.3 Å². The molecule has 0 aliphatic rings. The summed E-state index contributed by atoms with van der Waals surface area (Å²) in [5.41, 5.74) is 2.55. The predicted molar refractivity (Wildman–Crippen MR) is 90.6 cm³/mol. The van der Waals surface area contributed by atoms with Gasteiger partial charge < -0.3 is 14.8 Å². The van der Waals surface area contributed by atoms with Crippen LogP contribution in [0.2, 0.25) is 0 Å². The maximum Gasteiger partial charge on any atom is 0.120 e. The molecule has 0 saturated carbocycles.